The Bertz CT molecular complexity index is 553. The molecule has 0 saturated carbocycles. The number of nitrogens with one attached hydrogen (secondary N) is 1. The highest BCUT2D eigenvalue weighted by Crippen LogP contribution is 2.25. The number of hydrogen-bond donors (Lipinski definition) is 2. The van der Waals surface area contributed by atoms with Crippen molar-refractivity contribution in [2.45, 2.75) is 19.9 Å². The maximum atomic E-state index is 12.2. The number of amides is 3. The van der Waals surface area contributed by atoms with E-state index in [1.54, 1.807) is 12.1 Å². The maximum Gasteiger partial charge on any atom is 0.337 e. The Kier molecular flexibility index (Phi) is 3.25. The van der Waals surface area contributed by atoms with Crippen LogP contribution in [0.15, 0.2) is 24.3 Å². The van der Waals surface area contributed by atoms with Crippen LogP contribution < -0.4 is 10.2 Å². The second-order valence-electron chi connectivity index (χ2n) is 4.67. The van der Waals surface area contributed by atoms with Crippen LogP contribution in [-0.4, -0.2) is 29.1 Å². The van der Waals surface area contributed by atoms with Gasteiger partial charge in [-0.25, -0.2) is 14.5 Å². The van der Waals surface area contributed by atoms with Crippen LogP contribution in [0.3, 0.4) is 0 Å². The molecule has 0 unspecified atom stereocenters. The van der Waals surface area contributed by atoms with Gasteiger partial charge >= 0.3 is 12.0 Å². The van der Waals surface area contributed by atoms with Gasteiger partial charge in [0.25, 0.3) is 5.91 Å². The molecule has 3 amide bonds. The molecule has 1 saturated heterocycles. The monoisotopic (exact) mass is 262 g/mol. The van der Waals surface area contributed by atoms with Gasteiger partial charge in [0.1, 0.15) is 6.04 Å². The van der Waals surface area contributed by atoms with Gasteiger partial charge in [-0.3, -0.25) is 4.79 Å². The molecule has 6 nitrogen and oxygen atoms in total. The first-order valence-corrected chi connectivity index (χ1v) is 5.90. The molecular formula is C13H14N2O4. The Morgan fingerprint density at radius 3 is 2.47 bits per heavy atom. The van der Waals surface area contributed by atoms with E-state index in [9.17, 15) is 14.4 Å². The van der Waals surface area contributed by atoms with Crippen molar-refractivity contribution < 1.29 is 19.5 Å². The van der Waals surface area contributed by atoms with Crippen molar-refractivity contribution in [3.63, 3.8) is 0 Å². The number of para-hydroxylation sites is 1. The summed E-state index contributed by atoms with van der Waals surface area (Å²) in [5.41, 5.74) is 0.0241. The highest BCUT2D eigenvalue weighted by atomic mass is 16.4. The van der Waals surface area contributed by atoms with Crippen LogP contribution in [0.4, 0.5) is 10.5 Å². The van der Waals surface area contributed by atoms with Crippen molar-refractivity contribution in [1.82, 2.24) is 5.32 Å². The standard InChI is InChI=1S/C13H14N2O4/c1-7(2)10-11(16)15(13(19)14-10)9-6-4-3-5-8(9)12(17)18/h3-7,10H,1-2H3,(H,14,19)(H,17,18)/t10-/m0/s1. The van der Waals surface area contributed by atoms with Crippen molar-refractivity contribution in [2.75, 3.05) is 4.90 Å². The van der Waals surface area contributed by atoms with E-state index >= 15 is 0 Å². The van der Waals surface area contributed by atoms with Gasteiger partial charge in [-0.05, 0) is 18.1 Å². The molecular weight excluding hydrogens is 248 g/mol. The Hall–Kier alpha value is -2.37. The van der Waals surface area contributed by atoms with Gasteiger partial charge in [-0.2, -0.15) is 0 Å². The van der Waals surface area contributed by atoms with Crippen molar-refractivity contribution in [1.29, 1.82) is 0 Å². The molecule has 1 aliphatic heterocycles. The number of carbonyl (C=O) groups excluding carboxylic acids is 2. The van der Waals surface area contributed by atoms with Crippen molar-refractivity contribution >= 4 is 23.6 Å². The highest BCUT2D eigenvalue weighted by Gasteiger charge is 2.41. The normalized spacial score (nSPS) is 18.9. The summed E-state index contributed by atoms with van der Waals surface area (Å²) in [5.74, 6) is -1.66. The van der Waals surface area contributed by atoms with Crippen LogP contribution in [0.1, 0.15) is 24.2 Å². The van der Waals surface area contributed by atoms with E-state index < -0.39 is 23.9 Å². The number of urea groups is 1. The molecule has 0 spiro atoms. The smallest absolute Gasteiger partial charge is 0.337 e. The number of carboxylic acids is 1. The number of carboxylic acid groups (broad SMARTS) is 1. The van der Waals surface area contributed by atoms with Crippen LogP contribution in [0.25, 0.3) is 0 Å². The summed E-state index contributed by atoms with van der Waals surface area (Å²) in [6.45, 7) is 3.63. The number of rotatable bonds is 3. The topological polar surface area (TPSA) is 86.7 Å². The van der Waals surface area contributed by atoms with Gasteiger partial charge in [0.15, 0.2) is 0 Å². The van der Waals surface area contributed by atoms with Crippen molar-refractivity contribution in [3.05, 3.63) is 29.8 Å². The van der Waals surface area contributed by atoms with Crippen molar-refractivity contribution in [2.24, 2.45) is 5.92 Å². The zero-order chi connectivity index (χ0) is 14.2. The first-order chi connectivity index (χ1) is 8.93. The first kappa shape index (κ1) is 13.1. The molecule has 2 N–H and O–H groups in total. The summed E-state index contributed by atoms with van der Waals surface area (Å²) in [4.78, 5) is 36.1. The third-order valence-corrected chi connectivity index (χ3v) is 3.01. The number of nitrogens with zero attached hydrogens (tertiary/aromatic N) is 1. The van der Waals surface area contributed by atoms with Gasteiger partial charge in [0, 0.05) is 0 Å². The van der Waals surface area contributed by atoms with Crippen LogP contribution in [-0.2, 0) is 4.79 Å². The van der Waals surface area contributed by atoms with Gasteiger partial charge in [0.2, 0.25) is 0 Å². The molecule has 0 aliphatic carbocycles. The predicted octanol–water partition coefficient (Wildman–Crippen LogP) is 1.47. The van der Waals surface area contributed by atoms with Gasteiger partial charge in [-0.1, -0.05) is 26.0 Å². The number of imide groups is 1. The number of benzene rings is 1. The summed E-state index contributed by atoms with van der Waals surface area (Å²) in [6.07, 6.45) is 0. The predicted molar refractivity (Wildman–Crippen MR) is 68.0 cm³/mol. The third kappa shape index (κ3) is 2.16. The molecule has 100 valence electrons. The lowest BCUT2D eigenvalue weighted by atomic mass is 10.0. The largest absolute Gasteiger partial charge is 0.478 e. The molecule has 1 heterocycles. The van der Waals surface area contributed by atoms with E-state index in [0.29, 0.717) is 0 Å². The minimum atomic E-state index is -1.18. The van der Waals surface area contributed by atoms with Crippen LogP contribution in [0.2, 0.25) is 0 Å². The fourth-order valence-electron chi connectivity index (χ4n) is 2.03. The molecule has 1 aromatic rings. The quantitative estimate of drug-likeness (QED) is 0.807. The Morgan fingerprint density at radius 1 is 1.32 bits per heavy atom. The Morgan fingerprint density at radius 2 is 1.95 bits per heavy atom. The van der Waals surface area contributed by atoms with Crippen LogP contribution in [0.5, 0.6) is 0 Å². The van der Waals surface area contributed by atoms with E-state index in [1.165, 1.54) is 12.1 Å². The number of hydrogen-bond acceptors (Lipinski definition) is 3. The minimum absolute atomic E-state index is 0.0570. The molecule has 2 rings (SSSR count). The Balaban J connectivity index is 2.45. The van der Waals surface area contributed by atoms with E-state index in [-0.39, 0.29) is 17.2 Å². The molecule has 1 atom stereocenters. The van der Waals surface area contributed by atoms with E-state index in [1.807, 2.05) is 13.8 Å². The zero-order valence-electron chi connectivity index (χ0n) is 10.6. The van der Waals surface area contributed by atoms with Gasteiger partial charge in [0.05, 0.1) is 11.3 Å². The maximum absolute atomic E-state index is 12.2. The van der Waals surface area contributed by atoms with Crippen LogP contribution >= 0.6 is 0 Å². The average molecular weight is 262 g/mol. The molecule has 1 aliphatic rings. The zero-order valence-corrected chi connectivity index (χ0v) is 10.6. The average Bonchev–Trinajstić information content (AvgIpc) is 2.65. The molecule has 1 aromatic carbocycles. The minimum Gasteiger partial charge on any atom is -0.478 e. The second kappa shape index (κ2) is 4.72. The second-order valence-corrected chi connectivity index (χ2v) is 4.67. The van der Waals surface area contributed by atoms with E-state index in [4.69, 9.17) is 5.11 Å². The molecule has 0 aromatic heterocycles. The number of aromatic carboxylic acids is 1. The molecule has 6 heteroatoms. The SMILES string of the molecule is CC(C)[C@@H]1NC(=O)N(c2ccccc2C(=O)O)C1=O. The molecule has 0 bridgehead atoms. The third-order valence-electron chi connectivity index (χ3n) is 3.01. The van der Waals surface area contributed by atoms with Crippen LogP contribution in [0, 0.1) is 5.92 Å². The molecule has 0 radical (unpaired) electrons. The summed E-state index contributed by atoms with van der Waals surface area (Å²) >= 11 is 0. The lowest BCUT2D eigenvalue weighted by Crippen LogP contribution is -2.35. The van der Waals surface area contributed by atoms with Gasteiger partial charge < -0.3 is 10.4 Å². The summed E-state index contributed by atoms with van der Waals surface area (Å²) in [7, 11) is 0. The van der Waals surface area contributed by atoms with E-state index in [2.05, 4.69) is 5.32 Å². The summed E-state index contributed by atoms with van der Waals surface area (Å²) in [5, 5.41) is 11.7. The fraction of sp³-hybridized carbons (Fsp3) is 0.308. The summed E-state index contributed by atoms with van der Waals surface area (Å²) < 4.78 is 0. The first-order valence-electron chi connectivity index (χ1n) is 5.90. The number of anilines is 1. The molecule has 19 heavy (non-hydrogen) atoms. The molecule has 1 fully saturated rings. The van der Waals surface area contributed by atoms with Gasteiger partial charge in [-0.15, -0.1) is 0 Å². The number of carbonyl (C=O) groups is 3. The fourth-order valence-corrected chi connectivity index (χ4v) is 2.03. The highest BCUT2D eigenvalue weighted by molar-refractivity contribution is 6.23. The summed E-state index contributed by atoms with van der Waals surface area (Å²) in [6, 6.07) is 4.74. The Labute approximate surface area is 110 Å². The van der Waals surface area contributed by atoms with Crippen molar-refractivity contribution in [3.8, 4) is 0 Å². The lowest BCUT2D eigenvalue weighted by Gasteiger charge is -2.16. The lowest BCUT2D eigenvalue weighted by molar-refractivity contribution is -0.119. The van der Waals surface area contributed by atoms with E-state index in [0.717, 1.165) is 4.90 Å².